The average Bonchev–Trinajstić information content (AvgIpc) is 2.68. The quantitative estimate of drug-likeness (QED) is 0.375. The fourth-order valence-electron chi connectivity index (χ4n) is 2.91. The molecule has 0 saturated heterocycles. The topological polar surface area (TPSA) is 72.9 Å². The van der Waals surface area contributed by atoms with Gasteiger partial charge in [0.15, 0.2) is 0 Å². The number of rotatable bonds is 8. The first-order valence-electron chi connectivity index (χ1n) is 9.31. The molecule has 2 rings (SSSR count). The molecule has 0 saturated carbocycles. The van der Waals surface area contributed by atoms with Gasteiger partial charge in [0.1, 0.15) is 0 Å². The third-order valence-corrected chi connectivity index (χ3v) is 4.45. The van der Waals surface area contributed by atoms with Crippen molar-refractivity contribution in [2.75, 3.05) is 24.7 Å². The van der Waals surface area contributed by atoms with E-state index in [2.05, 4.69) is 0 Å². The minimum atomic E-state index is -0.919. The zero-order valence-electron chi connectivity index (χ0n) is 16.1. The second-order valence-electron chi connectivity index (χ2n) is 6.05. The highest BCUT2D eigenvalue weighted by Gasteiger charge is 2.26. The molecule has 28 heavy (non-hydrogen) atoms. The van der Waals surface area contributed by atoms with Gasteiger partial charge in [-0.25, -0.2) is 4.79 Å². The molecule has 0 aromatic heterocycles. The van der Waals surface area contributed by atoms with E-state index < -0.39 is 11.9 Å². The average molecular weight is 406 g/mol. The normalized spacial score (nSPS) is 10.5. The minimum absolute atomic E-state index is 0.109. The molecule has 2 aromatic rings. The molecular weight excluding hydrogens is 382 g/mol. The first-order chi connectivity index (χ1) is 13.5. The van der Waals surface area contributed by atoms with Crippen LogP contribution in [0.3, 0.4) is 0 Å². The van der Waals surface area contributed by atoms with Gasteiger partial charge in [-0.15, -0.1) is 0 Å². The summed E-state index contributed by atoms with van der Waals surface area (Å²) in [5.74, 6) is -1.96. The molecule has 0 bridgehead atoms. The van der Waals surface area contributed by atoms with E-state index in [0.29, 0.717) is 35.5 Å². The number of carbonyl (C=O) groups is 3. The molecule has 0 aliphatic carbocycles. The number of carbonyl (C=O) groups excluding carboxylic acids is 3. The van der Waals surface area contributed by atoms with E-state index >= 15 is 0 Å². The molecule has 0 fully saturated rings. The van der Waals surface area contributed by atoms with Crippen molar-refractivity contribution in [3.63, 3.8) is 0 Å². The smallest absolute Gasteiger partial charge is 0.397 e. The lowest BCUT2D eigenvalue weighted by atomic mass is 10.1. The van der Waals surface area contributed by atoms with Gasteiger partial charge in [-0.3, -0.25) is 9.59 Å². The predicted molar refractivity (Wildman–Crippen MR) is 108 cm³/mol. The van der Waals surface area contributed by atoms with E-state index in [-0.39, 0.29) is 25.5 Å². The fourth-order valence-corrected chi connectivity index (χ4v) is 3.19. The Kier molecular flexibility index (Phi) is 8.26. The summed E-state index contributed by atoms with van der Waals surface area (Å²) >= 11 is 6.37. The summed E-state index contributed by atoms with van der Waals surface area (Å²) in [5, 5.41) is 2.04. The monoisotopic (exact) mass is 405 g/mol. The van der Waals surface area contributed by atoms with Crippen LogP contribution >= 0.6 is 11.6 Å². The number of ether oxygens (including phenoxy) is 2. The van der Waals surface area contributed by atoms with Crippen LogP contribution in [-0.4, -0.2) is 37.6 Å². The SMILES string of the molecule is CCOC(=O)CCCCN(C(=O)C(=O)OCC)c1cccc2cccc(Cl)c12. The lowest BCUT2D eigenvalue weighted by Gasteiger charge is -2.24. The summed E-state index contributed by atoms with van der Waals surface area (Å²) in [4.78, 5) is 37.7. The van der Waals surface area contributed by atoms with Crippen LogP contribution in [0.4, 0.5) is 5.69 Å². The maximum absolute atomic E-state index is 12.7. The maximum Gasteiger partial charge on any atom is 0.397 e. The Morgan fingerprint density at radius 1 is 0.964 bits per heavy atom. The number of hydrogen-bond acceptors (Lipinski definition) is 5. The van der Waals surface area contributed by atoms with E-state index in [1.807, 2.05) is 18.2 Å². The van der Waals surface area contributed by atoms with Gasteiger partial charge in [0, 0.05) is 18.4 Å². The van der Waals surface area contributed by atoms with Crippen LogP contribution in [0.15, 0.2) is 36.4 Å². The maximum atomic E-state index is 12.7. The van der Waals surface area contributed by atoms with Crippen molar-refractivity contribution in [1.29, 1.82) is 0 Å². The third kappa shape index (κ3) is 5.45. The van der Waals surface area contributed by atoms with E-state index in [4.69, 9.17) is 21.1 Å². The highest BCUT2D eigenvalue weighted by atomic mass is 35.5. The lowest BCUT2D eigenvalue weighted by Crippen LogP contribution is -2.38. The fraction of sp³-hybridized carbons (Fsp3) is 0.381. The first kappa shape index (κ1) is 21.7. The highest BCUT2D eigenvalue weighted by molar-refractivity contribution is 6.40. The number of unbranched alkanes of at least 4 members (excludes halogenated alkanes) is 1. The third-order valence-electron chi connectivity index (χ3n) is 4.14. The van der Waals surface area contributed by atoms with Crippen molar-refractivity contribution >= 4 is 45.9 Å². The van der Waals surface area contributed by atoms with Crippen LogP contribution < -0.4 is 4.90 Å². The summed E-state index contributed by atoms with van der Waals surface area (Å²) in [6, 6.07) is 10.9. The summed E-state index contributed by atoms with van der Waals surface area (Å²) in [5.41, 5.74) is 0.539. The van der Waals surface area contributed by atoms with Crippen molar-refractivity contribution in [3.05, 3.63) is 41.4 Å². The Bertz CT molecular complexity index is 847. The number of benzene rings is 2. The van der Waals surface area contributed by atoms with Crippen molar-refractivity contribution in [3.8, 4) is 0 Å². The van der Waals surface area contributed by atoms with Gasteiger partial charge in [-0.1, -0.05) is 35.9 Å². The molecule has 0 aliphatic heterocycles. The van der Waals surface area contributed by atoms with E-state index in [9.17, 15) is 14.4 Å². The van der Waals surface area contributed by atoms with Crippen LogP contribution in [0.1, 0.15) is 33.1 Å². The molecule has 150 valence electrons. The van der Waals surface area contributed by atoms with Crippen molar-refractivity contribution in [2.45, 2.75) is 33.1 Å². The van der Waals surface area contributed by atoms with E-state index in [0.717, 1.165) is 5.39 Å². The Hall–Kier alpha value is -2.60. The van der Waals surface area contributed by atoms with Crippen LogP contribution in [-0.2, 0) is 23.9 Å². The van der Waals surface area contributed by atoms with Crippen LogP contribution in [0.5, 0.6) is 0 Å². The van der Waals surface area contributed by atoms with Gasteiger partial charge >= 0.3 is 17.8 Å². The zero-order valence-corrected chi connectivity index (χ0v) is 16.8. The molecule has 1 amide bonds. The van der Waals surface area contributed by atoms with Crippen molar-refractivity contribution in [1.82, 2.24) is 0 Å². The number of halogens is 1. The zero-order chi connectivity index (χ0) is 20.5. The molecular formula is C21H24ClNO5. The van der Waals surface area contributed by atoms with Crippen molar-refractivity contribution < 1.29 is 23.9 Å². The number of nitrogens with zero attached hydrogens (tertiary/aromatic N) is 1. The van der Waals surface area contributed by atoms with Gasteiger partial charge < -0.3 is 14.4 Å². The molecule has 0 spiro atoms. The molecule has 0 radical (unpaired) electrons. The number of fused-ring (bicyclic) bond motifs is 1. The second-order valence-corrected chi connectivity index (χ2v) is 6.46. The lowest BCUT2D eigenvalue weighted by molar-refractivity contribution is -0.153. The number of hydrogen-bond donors (Lipinski definition) is 0. The summed E-state index contributed by atoms with van der Waals surface area (Å²) < 4.78 is 9.80. The summed E-state index contributed by atoms with van der Waals surface area (Å²) in [7, 11) is 0. The molecule has 0 aliphatic rings. The van der Waals surface area contributed by atoms with Crippen LogP contribution in [0.2, 0.25) is 5.02 Å². The van der Waals surface area contributed by atoms with Gasteiger partial charge in [-0.2, -0.15) is 0 Å². The Morgan fingerprint density at radius 2 is 1.64 bits per heavy atom. The molecule has 0 heterocycles. The van der Waals surface area contributed by atoms with Gasteiger partial charge in [0.2, 0.25) is 0 Å². The Labute approximate surface area is 169 Å². The second kappa shape index (κ2) is 10.7. The molecule has 0 N–H and O–H groups in total. The van der Waals surface area contributed by atoms with Gasteiger partial charge in [0.25, 0.3) is 0 Å². The number of amides is 1. The largest absolute Gasteiger partial charge is 0.466 e. The highest BCUT2D eigenvalue weighted by Crippen LogP contribution is 2.33. The van der Waals surface area contributed by atoms with Gasteiger partial charge in [0.05, 0.1) is 23.9 Å². The Morgan fingerprint density at radius 3 is 2.32 bits per heavy atom. The Balaban J connectivity index is 2.28. The summed E-state index contributed by atoms with van der Waals surface area (Å²) in [6.07, 6.45) is 1.31. The molecule has 0 atom stereocenters. The predicted octanol–water partition coefficient (Wildman–Crippen LogP) is 4.12. The molecule has 2 aromatic carbocycles. The van der Waals surface area contributed by atoms with E-state index in [1.165, 1.54) is 4.90 Å². The van der Waals surface area contributed by atoms with Crippen LogP contribution in [0.25, 0.3) is 10.8 Å². The standard InChI is InChI=1S/C21H24ClNO5/c1-3-27-18(24)13-5-6-14-23(20(25)21(26)28-4-2)17-12-8-10-15-9-7-11-16(22)19(15)17/h7-12H,3-6,13-14H2,1-2H3. The van der Waals surface area contributed by atoms with E-state index in [1.54, 1.807) is 32.0 Å². The first-order valence-corrected chi connectivity index (χ1v) is 9.68. The van der Waals surface area contributed by atoms with Gasteiger partial charge in [-0.05, 0) is 44.2 Å². The molecule has 0 unspecified atom stereocenters. The number of esters is 2. The number of anilines is 1. The molecule has 7 heteroatoms. The minimum Gasteiger partial charge on any atom is -0.466 e. The summed E-state index contributed by atoms with van der Waals surface area (Å²) in [6.45, 7) is 4.09. The van der Waals surface area contributed by atoms with Crippen molar-refractivity contribution in [2.24, 2.45) is 0 Å². The molecule has 6 nitrogen and oxygen atoms in total. The van der Waals surface area contributed by atoms with Crippen LogP contribution in [0, 0.1) is 0 Å².